The summed E-state index contributed by atoms with van der Waals surface area (Å²) in [6, 6.07) is 11.3. The molecule has 1 fully saturated rings. The minimum absolute atomic E-state index is 0.211. The molecular weight excluding hydrogens is 340 g/mol. The molecule has 6 heteroatoms. The molecule has 1 aliphatic heterocycles. The van der Waals surface area contributed by atoms with Crippen molar-refractivity contribution in [1.82, 2.24) is 19.4 Å². The summed E-state index contributed by atoms with van der Waals surface area (Å²) in [4.78, 5) is 35.9. The molecule has 0 N–H and O–H groups in total. The fraction of sp³-hybridized carbons (Fsp3) is 0.333. The number of rotatable bonds is 4. The molecule has 1 aromatic carbocycles. The number of imide groups is 1. The van der Waals surface area contributed by atoms with E-state index in [1.165, 1.54) is 17.7 Å². The van der Waals surface area contributed by atoms with Gasteiger partial charge in [0, 0.05) is 25.2 Å². The first-order chi connectivity index (χ1) is 13.2. The third kappa shape index (κ3) is 2.55. The number of hydrogen-bond acceptors (Lipinski definition) is 4. The summed E-state index contributed by atoms with van der Waals surface area (Å²) in [5.74, 6) is 0.488. The molecule has 0 radical (unpaired) electrons. The maximum Gasteiger partial charge on any atom is 0.261 e. The Balaban J connectivity index is 1.45. The van der Waals surface area contributed by atoms with Crippen LogP contribution in [0.5, 0.6) is 0 Å². The fourth-order valence-corrected chi connectivity index (χ4v) is 4.35. The lowest BCUT2D eigenvalue weighted by Crippen LogP contribution is -2.32. The third-order valence-electron chi connectivity index (χ3n) is 5.65. The predicted octanol–water partition coefficient (Wildman–Crippen LogP) is 3.39. The number of aromatic nitrogens is 3. The second-order valence-electron chi connectivity index (χ2n) is 7.24. The molecule has 0 unspecified atom stereocenters. The number of imidazole rings is 1. The van der Waals surface area contributed by atoms with Gasteiger partial charge < -0.3 is 4.57 Å². The SMILES string of the molecule is O=C1c2ccccc2C(=O)N1CCc1nc2cccnc2n1C1CCCC1. The number of amides is 2. The van der Waals surface area contributed by atoms with E-state index < -0.39 is 0 Å². The van der Waals surface area contributed by atoms with Crippen LogP contribution >= 0.6 is 0 Å². The van der Waals surface area contributed by atoms with E-state index in [2.05, 4.69) is 9.55 Å². The van der Waals surface area contributed by atoms with Crippen LogP contribution in [0, 0.1) is 0 Å². The van der Waals surface area contributed by atoms with Crippen LogP contribution in [0.4, 0.5) is 0 Å². The van der Waals surface area contributed by atoms with Gasteiger partial charge in [-0.2, -0.15) is 0 Å². The number of benzene rings is 1. The van der Waals surface area contributed by atoms with Gasteiger partial charge in [0.15, 0.2) is 5.65 Å². The lowest BCUT2D eigenvalue weighted by atomic mass is 10.1. The summed E-state index contributed by atoms with van der Waals surface area (Å²) in [7, 11) is 0. The first-order valence-electron chi connectivity index (χ1n) is 9.51. The Hall–Kier alpha value is -3.02. The standard InChI is InChI=1S/C21H20N4O2/c26-20-15-8-3-4-9-16(15)21(27)24(20)13-11-18-23-17-10-5-12-22-19(17)25(18)14-6-1-2-7-14/h3-5,8-10,12,14H,1-2,6-7,11,13H2. The van der Waals surface area contributed by atoms with Gasteiger partial charge in [-0.1, -0.05) is 25.0 Å². The minimum atomic E-state index is -0.211. The predicted molar refractivity (Wildman–Crippen MR) is 101 cm³/mol. The zero-order valence-electron chi connectivity index (χ0n) is 15.0. The van der Waals surface area contributed by atoms with Crippen LogP contribution in [-0.4, -0.2) is 37.8 Å². The monoisotopic (exact) mass is 360 g/mol. The van der Waals surface area contributed by atoms with Gasteiger partial charge in [0.2, 0.25) is 0 Å². The number of fused-ring (bicyclic) bond motifs is 2. The Morgan fingerprint density at radius 1 is 0.963 bits per heavy atom. The number of nitrogens with zero attached hydrogens (tertiary/aromatic N) is 4. The molecule has 0 atom stereocenters. The summed E-state index contributed by atoms with van der Waals surface area (Å²) in [5.41, 5.74) is 2.77. The van der Waals surface area contributed by atoms with Gasteiger partial charge in [-0.25, -0.2) is 9.97 Å². The average Bonchev–Trinajstić information content (AvgIpc) is 3.39. The Morgan fingerprint density at radius 2 is 1.67 bits per heavy atom. The molecule has 27 heavy (non-hydrogen) atoms. The minimum Gasteiger partial charge on any atom is -0.310 e. The number of carbonyl (C=O) groups is 2. The van der Waals surface area contributed by atoms with Crippen LogP contribution < -0.4 is 0 Å². The van der Waals surface area contributed by atoms with Gasteiger partial charge in [0.25, 0.3) is 11.8 Å². The van der Waals surface area contributed by atoms with E-state index in [1.807, 2.05) is 12.1 Å². The third-order valence-corrected chi connectivity index (χ3v) is 5.65. The summed E-state index contributed by atoms with van der Waals surface area (Å²) in [5, 5.41) is 0. The topological polar surface area (TPSA) is 68.1 Å². The Labute approximate surface area is 156 Å². The van der Waals surface area contributed by atoms with E-state index in [0.29, 0.717) is 30.1 Å². The first-order valence-corrected chi connectivity index (χ1v) is 9.51. The van der Waals surface area contributed by atoms with Crippen molar-refractivity contribution in [3.63, 3.8) is 0 Å². The van der Waals surface area contributed by atoms with Gasteiger partial charge in [0.05, 0.1) is 11.1 Å². The van der Waals surface area contributed by atoms with Gasteiger partial charge in [-0.15, -0.1) is 0 Å². The zero-order chi connectivity index (χ0) is 18.4. The highest BCUT2D eigenvalue weighted by atomic mass is 16.2. The lowest BCUT2D eigenvalue weighted by Gasteiger charge is -2.18. The highest BCUT2D eigenvalue weighted by Gasteiger charge is 2.35. The van der Waals surface area contributed by atoms with Gasteiger partial charge in [-0.3, -0.25) is 14.5 Å². The van der Waals surface area contributed by atoms with Crippen molar-refractivity contribution in [2.75, 3.05) is 6.54 Å². The van der Waals surface area contributed by atoms with E-state index in [4.69, 9.17) is 4.98 Å². The Kier molecular flexibility index (Phi) is 3.77. The summed E-state index contributed by atoms with van der Waals surface area (Å²) >= 11 is 0. The molecule has 0 spiro atoms. The molecule has 2 aliphatic rings. The summed E-state index contributed by atoms with van der Waals surface area (Å²) in [6.07, 6.45) is 7.02. The van der Waals surface area contributed by atoms with E-state index >= 15 is 0 Å². The molecule has 0 saturated heterocycles. The van der Waals surface area contributed by atoms with Gasteiger partial charge in [-0.05, 0) is 37.1 Å². The molecular formula is C21H20N4O2. The maximum absolute atomic E-state index is 12.6. The van der Waals surface area contributed by atoms with Gasteiger partial charge >= 0.3 is 0 Å². The molecule has 2 aromatic heterocycles. The fourth-order valence-electron chi connectivity index (χ4n) is 4.35. The first kappa shape index (κ1) is 16.2. The van der Waals surface area contributed by atoms with Gasteiger partial charge in [0.1, 0.15) is 11.3 Å². The second kappa shape index (κ2) is 6.30. The summed E-state index contributed by atoms with van der Waals surface area (Å²) < 4.78 is 2.24. The van der Waals surface area contributed by atoms with Crippen molar-refractivity contribution < 1.29 is 9.59 Å². The van der Waals surface area contributed by atoms with Crippen LogP contribution in [0.2, 0.25) is 0 Å². The summed E-state index contributed by atoms with van der Waals surface area (Å²) in [6.45, 7) is 0.336. The van der Waals surface area contributed by atoms with Crippen molar-refractivity contribution in [2.45, 2.75) is 38.1 Å². The van der Waals surface area contributed by atoms with Crippen LogP contribution in [0.1, 0.15) is 58.3 Å². The van der Waals surface area contributed by atoms with E-state index in [-0.39, 0.29) is 11.8 Å². The van der Waals surface area contributed by atoms with Crippen molar-refractivity contribution in [3.8, 4) is 0 Å². The quantitative estimate of drug-likeness (QED) is 0.669. The van der Waals surface area contributed by atoms with Crippen molar-refractivity contribution >= 4 is 23.0 Å². The highest BCUT2D eigenvalue weighted by molar-refractivity contribution is 6.21. The number of carbonyl (C=O) groups excluding carboxylic acids is 2. The van der Waals surface area contributed by atoms with Crippen LogP contribution in [0.25, 0.3) is 11.2 Å². The smallest absolute Gasteiger partial charge is 0.261 e. The Bertz CT molecular complexity index is 1010. The number of hydrogen-bond donors (Lipinski definition) is 0. The van der Waals surface area contributed by atoms with E-state index in [1.54, 1.807) is 30.5 Å². The Morgan fingerprint density at radius 3 is 2.37 bits per heavy atom. The molecule has 3 aromatic rings. The lowest BCUT2D eigenvalue weighted by molar-refractivity contribution is 0.0655. The van der Waals surface area contributed by atoms with E-state index in [9.17, 15) is 9.59 Å². The largest absolute Gasteiger partial charge is 0.310 e. The van der Waals surface area contributed by atoms with Crippen LogP contribution in [-0.2, 0) is 6.42 Å². The molecule has 136 valence electrons. The van der Waals surface area contributed by atoms with Crippen LogP contribution in [0.3, 0.4) is 0 Å². The van der Waals surface area contributed by atoms with Crippen molar-refractivity contribution in [3.05, 3.63) is 59.5 Å². The molecule has 6 nitrogen and oxygen atoms in total. The molecule has 2 amide bonds. The highest BCUT2D eigenvalue weighted by Crippen LogP contribution is 2.33. The second-order valence-corrected chi connectivity index (χ2v) is 7.24. The zero-order valence-corrected chi connectivity index (χ0v) is 15.0. The molecule has 5 rings (SSSR count). The van der Waals surface area contributed by atoms with Crippen molar-refractivity contribution in [1.29, 1.82) is 0 Å². The van der Waals surface area contributed by atoms with E-state index in [0.717, 1.165) is 29.8 Å². The normalized spacial score (nSPS) is 17.3. The molecule has 0 bridgehead atoms. The van der Waals surface area contributed by atoms with Crippen LogP contribution in [0.15, 0.2) is 42.6 Å². The molecule has 1 aliphatic carbocycles. The van der Waals surface area contributed by atoms with Crippen molar-refractivity contribution in [2.24, 2.45) is 0 Å². The number of pyridine rings is 1. The molecule has 1 saturated carbocycles. The maximum atomic E-state index is 12.6. The average molecular weight is 360 g/mol. The molecule has 3 heterocycles.